The summed E-state index contributed by atoms with van der Waals surface area (Å²) in [5.74, 6) is -0.228. The molecule has 31 heavy (non-hydrogen) atoms. The van der Waals surface area contributed by atoms with Gasteiger partial charge in [-0.3, -0.25) is 9.78 Å². The van der Waals surface area contributed by atoms with Crippen LogP contribution < -0.4 is 0 Å². The third kappa shape index (κ3) is 2.70. The Labute approximate surface area is 181 Å². The molecule has 1 atom stereocenters. The number of benzene rings is 1. The number of pyridine rings is 1. The fraction of sp³-hybridized carbons (Fsp3) is 0.480. The van der Waals surface area contributed by atoms with E-state index in [0.717, 1.165) is 55.2 Å². The van der Waals surface area contributed by atoms with Crippen LogP contribution in [0.3, 0.4) is 0 Å². The molecule has 4 aliphatic rings. The van der Waals surface area contributed by atoms with Gasteiger partial charge in [0.05, 0.1) is 23.1 Å². The van der Waals surface area contributed by atoms with E-state index in [1.807, 2.05) is 35.2 Å². The molecule has 0 radical (unpaired) electrons. The van der Waals surface area contributed by atoms with Crippen molar-refractivity contribution >= 4 is 11.9 Å². The Hall–Kier alpha value is -2.73. The lowest BCUT2D eigenvalue weighted by molar-refractivity contribution is -0.134. The van der Waals surface area contributed by atoms with Gasteiger partial charge < -0.3 is 14.7 Å². The Bertz CT molecular complexity index is 1070. The molecule has 6 nitrogen and oxygen atoms in total. The van der Waals surface area contributed by atoms with E-state index in [9.17, 15) is 14.7 Å². The minimum absolute atomic E-state index is 0.121. The average molecular weight is 418 g/mol. The van der Waals surface area contributed by atoms with Gasteiger partial charge in [0.15, 0.2) is 5.60 Å². The summed E-state index contributed by atoms with van der Waals surface area (Å²) in [6.07, 6.45) is 9.24. The molecule has 2 aliphatic carbocycles. The lowest BCUT2D eigenvalue weighted by atomic mass is 9.88. The molecule has 3 heterocycles. The Kier molecular flexibility index (Phi) is 3.91. The Morgan fingerprint density at radius 2 is 1.71 bits per heavy atom. The number of nitrogens with zero attached hydrogens (tertiary/aromatic N) is 2. The first kappa shape index (κ1) is 19.0. The van der Waals surface area contributed by atoms with Gasteiger partial charge in [-0.25, -0.2) is 4.79 Å². The van der Waals surface area contributed by atoms with Crippen molar-refractivity contribution in [1.82, 2.24) is 9.88 Å². The molecule has 160 valence electrons. The van der Waals surface area contributed by atoms with Crippen molar-refractivity contribution in [2.75, 3.05) is 13.1 Å². The number of hydrogen-bond acceptors (Lipinski definition) is 5. The number of aromatic nitrogens is 1. The number of ether oxygens (including phenoxy) is 1. The molecule has 2 saturated carbocycles. The Morgan fingerprint density at radius 3 is 2.42 bits per heavy atom. The van der Waals surface area contributed by atoms with Gasteiger partial charge in [0.2, 0.25) is 5.91 Å². The highest BCUT2D eigenvalue weighted by Crippen LogP contribution is 2.52. The minimum atomic E-state index is -0.739. The number of carbonyl (C=O) groups excluding carboxylic acids is 2. The fourth-order valence-electron chi connectivity index (χ4n) is 5.90. The summed E-state index contributed by atoms with van der Waals surface area (Å²) in [6.45, 7) is 0.974. The highest BCUT2D eigenvalue weighted by atomic mass is 16.6. The van der Waals surface area contributed by atoms with Gasteiger partial charge in [-0.05, 0) is 42.9 Å². The highest BCUT2D eigenvalue weighted by molar-refractivity contribution is 5.95. The van der Waals surface area contributed by atoms with Crippen LogP contribution in [0, 0.1) is 0 Å². The summed E-state index contributed by atoms with van der Waals surface area (Å²) in [4.78, 5) is 31.8. The summed E-state index contributed by atoms with van der Waals surface area (Å²) in [5.41, 5.74) is 1.41. The molecule has 1 aromatic heterocycles. The van der Waals surface area contributed by atoms with E-state index in [2.05, 4.69) is 4.98 Å². The van der Waals surface area contributed by atoms with Crippen molar-refractivity contribution in [3.8, 4) is 0 Å². The number of likely N-dealkylation sites (tertiary alicyclic amines) is 1. The largest absolute Gasteiger partial charge is 0.449 e. The smallest absolute Gasteiger partial charge is 0.341 e. The lowest BCUT2D eigenvalue weighted by Crippen LogP contribution is -2.40. The summed E-state index contributed by atoms with van der Waals surface area (Å²) >= 11 is 0. The van der Waals surface area contributed by atoms with Gasteiger partial charge in [0.1, 0.15) is 0 Å². The van der Waals surface area contributed by atoms with Crippen LogP contribution in [0.5, 0.6) is 0 Å². The van der Waals surface area contributed by atoms with Crippen molar-refractivity contribution in [2.45, 2.75) is 61.6 Å². The maximum absolute atomic E-state index is 13.6. The van der Waals surface area contributed by atoms with Crippen molar-refractivity contribution in [1.29, 1.82) is 0 Å². The number of carbonyl (C=O) groups is 2. The van der Waals surface area contributed by atoms with E-state index >= 15 is 0 Å². The van der Waals surface area contributed by atoms with Gasteiger partial charge in [0, 0.05) is 30.9 Å². The molecule has 1 amide bonds. The van der Waals surface area contributed by atoms with Crippen molar-refractivity contribution < 1.29 is 19.4 Å². The first-order chi connectivity index (χ1) is 15.0. The molecule has 1 saturated heterocycles. The predicted octanol–water partition coefficient (Wildman–Crippen LogP) is 3.17. The second kappa shape index (κ2) is 6.39. The van der Waals surface area contributed by atoms with Gasteiger partial charge in [0.25, 0.3) is 0 Å². The summed E-state index contributed by atoms with van der Waals surface area (Å²) in [6, 6.07) is 9.90. The molecule has 1 N–H and O–H groups in total. The van der Waals surface area contributed by atoms with Crippen molar-refractivity contribution in [3.05, 3.63) is 65.0 Å². The summed E-state index contributed by atoms with van der Waals surface area (Å²) < 4.78 is 5.78. The number of esters is 1. The number of hydrogen-bond donors (Lipinski definition) is 1. The molecule has 2 aliphatic heterocycles. The van der Waals surface area contributed by atoms with Crippen LogP contribution in [0.2, 0.25) is 0 Å². The number of fused-ring (bicyclic) bond motifs is 2. The zero-order valence-corrected chi connectivity index (χ0v) is 17.5. The maximum Gasteiger partial charge on any atom is 0.341 e. The average Bonchev–Trinajstić information content (AvgIpc) is 3.16. The standard InChI is InChI=1S/C25H26N2O4/c28-21-19-15-26-13-7-20(19)25(31-21)12-14-27(16-25)22(29)23(10-11-23)17-3-5-18(6-4-17)24(30)8-1-2-9-24/h3-7,13,15,30H,1-2,8-12,14,16H2/t25-/m0/s1. The molecular formula is C25H26N2O4. The molecule has 2 aromatic rings. The molecule has 6 rings (SSSR count). The second-order valence-corrected chi connectivity index (χ2v) is 9.68. The topological polar surface area (TPSA) is 79.7 Å². The zero-order chi connectivity index (χ0) is 21.3. The first-order valence-electron chi connectivity index (χ1n) is 11.3. The molecule has 1 aromatic carbocycles. The number of rotatable bonds is 3. The van der Waals surface area contributed by atoms with E-state index in [1.165, 1.54) is 0 Å². The summed E-state index contributed by atoms with van der Waals surface area (Å²) in [7, 11) is 0. The van der Waals surface area contributed by atoms with Crippen LogP contribution in [0.25, 0.3) is 0 Å². The maximum atomic E-state index is 13.6. The van der Waals surface area contributed by atoms with Gasteiger partial charge in [-0.1, -0.05) is 37.1 Å². The predicted molar refractivity (Wildman–Crippen MR) is 112 cm³/mol. The van der Waals surface area contributed by atoms with Crippen molar-refractivity contribution in [2.24, 2.45) is 0 Å². The van der Waals surface area contributed by atoms with Crippen molar-refractivity contribution in [3.63, 3.8) is 0 Å². The summed E-state index contributed by atoms with van der Waals surface area (Å²) in [5, 5.41) is 10.9. The van der Waals surface area contributed by atoms with Crippen LogP contribution in [0.4, 0.5) is 0 Å². The molecule has 6 heteroatoms. The third-order valence-corrected chi connectivity index (χ3v) is 7.90. The van der Waals surface area contributed by atoms with Gasteiger partial charge >= 0.3 is 5.97 Å². The Morgan fingerprint density at radius 1 is 1.00 bits per heavy atom. The van der Waals surface area contributed by atoms with E-state index in [4.69, 9.17) is 4.74 Å². The van der Waals surface area contributed by atoms with Crippen LogP contribution in [0.15, 0.2) is 42.7 Å². The van der Waals surface area contributed by atoms with E-state index in [0.29, 0.717) is 25.1 Å². The second-order valence-electron chi connectivity index (χ2n) is 9.68. The van der Waals surface area contributed by atoms with E-state index < -0.39 is 16.6 Å². The lowest BCUT2D eigenvalue weighted by Gasteiger charge is -2.27. The number of amides is 1. The van der Waals surface area contributed by atoms with Gasteiger partial charge in [-0.15, -0.1) is 0 Å². The van der Waals surface area contributed by atoms with Gasteiger partial charge in [-0.2, -0.15) is 0 Å². The highest BCUT2D eigenvalue weighted by Gasteiger charge is 2.57. The first-order valence-corrected chi connectivity index (χ1v) is 11.3. The monoisotopic (exact) mass is 418 g/mol. The van der Waals surface area contributed by atoms with E-state index in [1.54, 1.807) is 12.4 Å². The quantitative estimate of drug-likeness (QED) is 0.775. The SMILES string of the molecule is O=C1O[C@]2(CCN(C(=O)C3(c4ccc(C5(O)CCCC5)cc4)CC3)C2)c2ccncc21. The minimum Gasteiger partial charge on any atom is -0.449 e. The molecular weight excluding hydrogens is 392 g/mol. The van der Waals surface area contributed by atoms with E-state index in [-0.39, 0.29) is 11.9 Å². The van der Waals surface area contributed by atoms with Crippen LogP contribution in [-0.2, 0) is 26.1 Å². The fourth-order valence-corrected chi connectivity index (χ4v) is 5.90. The van der Waals surface area contributed by atoms with Crippen LogP contribution in [0.1, 0.15) is 72.0 Å². The molecule has 1 spiro atoms. The Balaban J connectivity index is 1.24. The van der Waals surface area contributed by atoms with Crippen LogP contribution >= 0.6 is 0 Å². The third-order valence-electron chi connectivity index (χ3n) is 7.90. The molecule has 0 unspecified atom stereocenters. The normalized spacial score (nSPS) is 27.4. The zero-order valence-electron chi connectivity index (χ0n) is 17.5. The molecule has 0 bridgehead atoms. The number of aliphatic hydroxyl groups is 1. The van der Waals surface area contributed by atoms with Crippen LogP contribution in [-0.4, -0.2) is 40.0 Å². The molecule has 3 fully saturated rings.